The Hall–Kier alpha value is -3.56. The third-order valence-corrected chi connectivity index (χ3v) is 4.68. The molecule has 7 nitrogen and oxygen atoms in total. The first-order valence-corrected chi connectivity index (χ1v) is 8.97. The van der Waals surface area contributed by atoms with Crippen LogP contribution >= 0.6 is 0 Å². The molecule has 1 N–H and O–H groups in total. The van der Waals surface area contributed by atoms with Crippen LogP contribution in [0.5, 0.6) is 11.6 Å². The predicted octanol–water partition coefficient (Wildman–Crippen LogP) is 3.47. The molecule has 0 aliphatic carbocycles. The lowest BCUT2D eigenvalue weighted by atomic mass is 10.0. The lowest BCUT2D eigenvalue weighted by Gasteiger charge is -2.14. The highest BCUT2D eigenvalue weighted by Gasteiger charge is 2.34. The number of methoxy groups -OCH3 is 1. The van der Waals surface area contributed by atoms with Crippen LogP contribution in [0, 0.1) is 6.92 Å². The van der Waals surface area contributed by atoms with Crippen molar-refractivity contribution in [2.24, 2.45) is 0 Å². The first kappa shape index (κ1) is 19.7. The molecule has 30 heavy (non-hydrogen) atoms. The molecule has 0 spiro atoms. The van der Waals surface area contributed by atoms with E-state index in [0.29, 0.717) is 11.4 Å². The number of amides is 1. The summed E-state index contributed by atoms with van der Waals surface area (Å²) in [6.45, 7) is 1.87. The molecule has 0 bridgehead atoms. The normalized spacial score (nSPS) is 15.4. The number of alkyl halides is 3. The molecule has 0 saturated carbocycles. The van der Waals surface area contributed by atoms with Gasteiger partial charge in [-0.1, -0.05) is 0 Å². The minimum Gasteiger partial charge on any atom is -0.491 e. The Morgan fingerprint density at radius 3 is 2.77 bits per heavy atom. The molecule has 2 aromatic heterocycles. The molecule has 4 rings (SSSR count). The van der Waals surface area contributed by atoms with E-state index >= 15 is 0 Å². The second-order valence-corrected chi connectivity index (χ2v) is 6.73. The Bertz CT molecular complexity index is 1110. The number of fused-ring (bicyclic) bond motifs is 1. The fraction of sp³-hybridized carbons (Fsp3) is 0.250. The Kier molecular flexibility index (Phi) is 4.84. The van der Waals surface area contributed by atoms with E-state index in [4.69, 9.17) is 9.47 Å². The lowest BCUT2D eigenvalue weighted by molar-refractivity contribution is -0.137. The van der Waals surface area contributed by atoms with E-state index in [-0.39, 0.29) is 23.7 Å². The summed E-state index contributed by atoms with van der Waals surface area (Å²) in [5, 5.41) is 2.68. The summed E-state index contributed by atoms with van der Waals surface area (Å²) in [7, 11) is 1.43. The van der Waals surface area contributed by atoms with Crippen molar-refractivity contribution >= 4 is 5.91 Å². The number of hydrogen-bond acceptors (Lipinski definition) is 5. The van der Waals surface area contributed by atoms with Gasteiger partial charge in [-0.3, -0.25) is 4.79 Å². The maximum Gasteiger partial charge on any atom is 0.416 e. The van der Waals surface area contributed by atoms with E-state index in [9.17, 15) is 18.0 Å². The highest BCUT2D eigenvalue weighted by atomic mass is 19.4. The van der Waals surface area contributed by atoms with Crippen LogP contribution in [0.2, 0.25) is 0 Å². The number of benzene rings is 1. The van der Waals surface area contributed by atoms with E-state index in [1.54, 1.807) is 23.2 Å². The number of hydrogen-bond donors (Lipinski definition) is 1. The van der Waals surface area contributed by atoms with Gasteiger partial charge in [0.25, 0.3) is 5.91 Å². The van der Waals surface area contributed by atoms with Crippen molar-refractivity contribution in [3.05, 3.63) is 65.4 Å². The zero-order chi connectivity index (χ0) is 21.5. The fourth-order valence-electron chi connectivity index (χ4n) is 3.20. The van der Waals surface area contributed by atoms with Crippen molar-refractivity contribution in [2.45, 2.75) is 19.1 Å². The van der Waals surface area contributed by atoms with Gasteiger partial charge in [0.15, 0.2) is 0 Å². The molecule has 1 aliphatic heterocycles. The standard InChI is InChI=1S/C20H17F3N4O3/c1-11-8-27(10-24-11)16-5-4-14(26-19(16)29-2)18(28)25-15-9-30-17-6-3-12(7-13(15)17)20(21,22)23/h3-8,10,15H,9H2,1-2H3,(H,25,28). The third-order valence-electron chi connectivity index (χ3n) is 4.68. The molecule has 3 aromatic rings. The molecule has 1 unspecified atom stereocenters. The highest BCUT2D eigenvalue weighted by molar-refractivity contribution is 5.93. The Labute approximate surface area is 169 Å². The number of ether oxygens (including phenoxy) is 2. The number of carbonyl (C=O) groups is 1. The van der Waals surface area contributed by atoms with Crippen molar-refractivity contribution in [1.29, 1.82) is 0 Å². The van der Waals surface area contributed by atoms with Crippen LogP contribution in [0.4, 0.5) is 13.2 Å². The zero-order valence-corrected chi connectivity index (χ0v) is 16.0. The van der Waals surface area contributed by atoms with Gasteiger partial charge in [0, 0.05) is 11.8 Å². The molecular weight excluding hydrogens is 401 g/mol. The second-order valence-electron chi connectivity index (χ2n) is 6.73. The minimum atomic E-state index is -4.48. The van der Waals surface area contributed by atoms with Gasteiger partial charge in [0.1, 0.15) is 23.7 Å². The average molecular weight is 418 g/mol. The fourth-order valence-corrected chi connectivity index (χ4v) is 3.20. The molecule has 1 aromatic carbocycles. The molecule has 10 heteroatoms. The molecule has 0 radical (unpaired) electrons. The van der Waals surface area contributed by atoms with Crippen LogP contribution in [0.1, 0.15) is 33.4 Å². The number of pyridine rings is 1. The number of nitrogens with one attached hydrogen (secondary N) is 1. The van der Waals surface area contributed by atoms with Gasteiger partial charge in [0.2, 0.25) is 5.88 Å². The lowest BCUT2D eigenvalue weighted by Crippen LogP contribution is -2.30. The van der Waals surface area contributed by atoms with E-state index in [0.717, 1.165) is 17.8 Å². The van der Waals surface area contributed by atoms with Gasteiger partial charge in [-0.05, 0) is 37.3 Å². The van der Waals surface area contributed by atoms with Gasteiger partial charge >= 0.3 is 6.18 Å². The topological polar surface area (TPSA) is 78.3 Å². The molecule has 3 heterocycles. The van der Waals surface area contributed by atoms with Crippen LogP contribution in [0.15, 0.2) is 42.9 Å². The summed E-state index contributed by atoms with van der Waals surface area (Å²) in [6.07, 6.45) is -1.10. The van der Waals surface area contributed by atoms with E-state index in [1.807, 2.05) is 6.92 Å². The Morgan fingerprint density at radius 2 is 2.10 bits per heavy atom. The summed E-state index contributed by atoms with van der Waals surface area (Å²) in [6, 6.07) is 5.64. The number of aromatic nitrogens is 3. The number of aryl methyl sites for hydroxylation is 1. The first-order chi connectivity index (χ1) is 14.3. The van der Waals surface area contributed by atoms with Gasteiger partial charge in [-0.25, -0.2) is 9.97 Å². The summed E-state index contributed by atoms with van der Waals surface area (Å²) >= 11 is 0. The van der Waals surface area contributed by atoms with Gasteiger partial charge in [-0.15, -0.1) is 0 Å². The average Bonchev–Trinajstić information content (AvgIpc) is 3.32. The van der Waals surface area contributed by atoms with Gasteiger partial charge in [0.05, 0.1) is 30.7 Å². The monoisotopic (exact) mass is 418 g/mol. The molecule has 0 saturated heterocycles. The Morgan fingerprint density at radius 1 is 1.30 bits per heavy atom. The first-order valence-electron chi connectivity index (χ1n) is 8.97. The molecule has 156 valence electrons. The Balaban J connectivity index is 1.57. The smallest absolute Gasteiger partial charge is 0.416 e. The summed E-state index contributed by atoms with van der Waals surface area (Å²) in [4.78, 5) is 21.1. The summed E-state index contributed by atoms with van der Waals surface area (Å²) < 4.78 is 51.4. The van der Waals surface area contributed by atoms with Gasteiger partial charge in [-0.2, -0.15) is 13.2 Å². The van der Waals surface area contributed by atoms with Crippen LogP contribution in [-0.2, 0) is 6.18 Å². The highest BCUT2D eigenvalue weighted by Crippen LogP contribution is 2.38. The van der Waals surface area contributed by atoms with E-state index in [2.05, 4.69) is 15.3 Å². The van der Waals surface area contributed by atoms with E-state index < -0.39 is 23.7 Å². The minimum absolute atomic E-state index is 0.0336. The van der Waals surface area contributed by atoms with Crippen LogP contribution in [0.3, 0.4) is 0 Å². The number of halogens is 3. The van der Waals surface area contributed by atoms with Crippen molar-refractivity contribution in [3.8, 4) is 17.3 Å². The molecule has 1 aliphatic rings. The quantitative estimate of drug-likeness (QED) is 0.702. The maximum atomic E-state index is 13.0. The van der Waals surface area contributed by atoms with Crippen molar-refractivity contribution < 1.29 is 27.4 Å². The summed E-state index contributed by atoms with van der Waals surface area (Å²) in [5.74, 6) is -0.0346. The largest absolute Gasteiger partial charge is 0.491 e. The van der Waals surface area contributed by atoms with Crippen LogP contribution in [0.25, 0.3) is 5.69 Å². The van der Waals surface area contributed by atoms with Gasteiger partial charge < -0.3 is 19.4 Å². The van der Waals surface area contributed by atoms with Crippen molar-refractivity contribution in [2.75, 3.05) is 13.7 Å². The van der Waals surface area contributed by atoms with Crippen molar-refractivity contribution in [3.63, 3.8) is 0 Å². The molecule has 0 fully saturated rings. The SMILES string of the molecule is COc1nc(C(=O)NC2COc3ccc(C(F)(F)F)cc32)ccc1-n1cnc(C)c1. The number of imidazole rings is 1. The molecule has 1 amide bonds. The third kappa shape index (κ3) is 3.68. The molecule has 1 atom stereocenters. The second kappa shape index (κ2) is 7.36. The summed E-state index contributed by atoms with van der Waals surface area (Å²) in [5.41, 5.74) is 0.935. The number of nitrogens with zero attached hydrogens (tertiary/aromatic N) is 3. The molecular formula is C20H17F3N4O3. The number of rotatable bonds is 4. The van der Waals surface area contributed by atoms with Crippen molar-refractivity contribution in [1.82, 2.24) is 19.9 Å². The predicted molar refractivity (Wildman–Crippen MR) is 99.8 cm³/mol. The van der Waals surface area contributed by atoms with E-state index in [1.165, 1.54) is 19.2 Å². The number of carbonyl (C=O) groups excluding carboxylic acids is 1. The van der Waals surface area contributed by atoms with Crippen LogP contribution < -0.4 is 14.8 Å². The maximum absolute atomic E-state index is 13.0. The van der Waals surface area contributed by atoms with Crippen LogP contribution in [-0.4, -0.2) is 34.2 Å². The zero-order valence-electron chi connectivity index (χ0n) is 16.0.